The molecule has 0 saturated heterocycles. The van der Waals surface area contributed by atoms with Crippen molar-refractivity contribution in [2.45, 2.75) is 12.5 Å². The molecule has 8 nitrogen and oxygen atoms in total. The van der Waals surface area contributed by atoms with Crippen molar-refractivity contribution in [2.24, 2.45) is 0 Å². The lowest BCUT2D eigenvalue weighted by molar-refractivity contribution is 0.0689. The Hall–Kier alpha value is -3.94. The van der Waals surface area contributed by atoms with Gasteiger partial charge in [-0.2, -0.15) is 10.2 Å². The van der Waals surface area contributed by atoms with E-state index in [4.69, 9.17) is 5.10 Å². The van der Waals surface area contributed by atoms with Crippen molar-refractivity contribution in [1.82, 2.24) is 34.1 Å². The van der Waals surface area contributed by atoms with E-state index in [-0.39, 0.29) is 11.9 Å². The number of fused-ring (bicyclic) bond motifs is 3. The Morgan fingerprint density at radius 1 is 1.10 bits per heavy atom. The topological polar surface area (TPSA) is 83.6 Å². The lowest BCUT2D eigenvalue weighted by Gasteiger charge is -2.33. The smallest absolute Gasteiger partial charge is 0.258 e. The van der Waals surface area contributed by atoms with Gasteiger partial charge >= 0.3 is 0 Å². The van der Waals surface area contributed by atoms with E-state index in [0.29, 0.717) is 12.1 Å². The molecule has 1 aliphatic heterocycles. The second kappa shape index (κ2) is 6.03. The van der Waals surface area contributed by atoms with Crippen molar-refractivity contribution in [3.63, 3.8) is 0 Å². The third kappa shape index (κ3) is 2.39. The van der Waals surface area contributed by atoms with Gasteiger partial charge in [0, 0.05) is 31.1 Å². The Balaban J connectivity index is 1.49. The number of hydrogen-bond donors (Lipinski definition) is 1. The van der Waals surface area contributed by atoms with Crippen LogP contribution in [0.4, 0.5) is 0 Å². The van der Waals surface area contributed by atoms with Crippen molar-refractivity contribution in [3.05, 3.63) is 90.0 Å². The minimum absolute atomic E-state index is 0.0677. The van der Waals surface area contributed by atoms with Crippen LogP contribution in [-0.2, 0) is 6.42 Å². The van der Waals surface area contributed by atoms with Crippen molar-refractivity contribution < 1.29 is 4.79 Å². The first kappa shape index (κ1) is 16.1. The fraction of sp³-hybridized carbons (Fsp3) is 0.143. The van der Waals surface area contributed by atoms with Crippen molar-refractivity contribution >= 4 is 16.9 Å². The van der Waals surface area contributed by atoms with E-state index in [1.807, 2.05) is 64.3 Å². The third-order valence-electron chi connectivity index (χ3n) is 5.51. The molecule has 1 N–H and O–H groups in total. The van der Waals surface area contributed by atoms with Crippen molar-refractivity contribution in [2.75, 3.05) is 6.54 Å². The molecule has 0 bridgehead atoms. The lowest BCUT2D eigenvalue weighted by atomic mass is 9.98. The van der Waals surface area contributed by atoms with Gasteiger partial charge in [-0.05, 0) is 30.3 Å². The van der Waals surface area contributed by atoms with Crippen LogP contribution in [0.1, 0.15) is 33.5 Å². The second-order valence-corrected chi connectivity index (χ2v) is 7.15. The molecule has 1 atom stereocenters. The highest BCUT2D eigenvalue weighted by Crippen LogP contribution is 2.34. The highest BCUT2D eigenvalue weighted by molar-refractivity contribution is 6.01. The maximum absolute atomic E-state index is 13.6. The largest absolute Gasteiger partial charge is 0.348 e. The first-order valence-corrected chi connectivity index (χ1v) is 9.49. The van der Waals surface area contributed by atoms with Crippen LogP contribution in [0.5, 0.6) is 0 Å². The van der Waals surface area contributed by atoms with Crippen LogP contribution in [0.15, 0.2) is 67.4 Å². The second-order valence-electron chi connectivity index (χ2n) is 7.15. The molecule has 0 spiro atoms. The molecule has 1 amide bonds. The van der Waals surface area contributed by atoms with Crippen molar-refractivity contribution in [1.29, 1.82) is 0 Å². The zero-order valence-corrected chi connectivity index (χ0v) is 15.4. The van der Waals surface area contributed by atoms with Crippen LogP contribution in [0, 0.1) is 0 Å². The van der Waals surface area contributed by atoms with Gasteiger partial charge in [-0.15, -0.1) is 0 Å². The highest BCUT2D eigenvalue weighted by atomic mass is 16.2. The van der Waals surface area contributed by atoms with Gasteiger partial charge in [0.15, 0.2) is 0 Å². The van der Waals surface area contributed by atoms with E-state index in [1.165, 1.54) is 0 Å². The summed E-state index contributed by atoms with van der Waals surface area (Å²) in [4.78, 5) is 23.2. The number of aromatic nitrogens is 6. The highest BCUT2D eigenvalue weighted by Gasteiger charge is 2.37. The molecule has 0 aromatic carbocycles. The molecule has 8 heteroatoms. The SMILES string of the molecule is O=C(c1cnn2ccccc12)N1CCc2[nH]cnc2C1c1cc2ccccn2n1. The Bertz CT molecular complexity index is 1330. The van der Waals surface area contributed by atoms with E-state index in [2.05, 4.69) is 15.1 Å². The molecule has 5 aromatic heterocycles. The third-order valence-corrected chi connectivity index (χ3v) is 5.51. The predicted octanol–water partition coefficient (Wildman–Crippen LogP) is 2.49. The number of nitrogens with one attached hydrogen (secondary N) is 1. The molecule has 1 aliphatic rings. The molecule has 6 rings (SSSR count). The van der Waals surface area contributed by atoms with Crippen LogP contribution < -0.4 is 0 Å². The first-order chi connectivity index (χ1) is 14.3. The summed E-state index contributed by atoms with van der Waals surface area (Å²) < 4.78 is 3.55. The summed E-state index contributed by atoms with van der Waals surface area (Å²) in [6, 6.07) is 13.3. The zero-order chi connectivity index (χ0) is 19.4. The molecule has 0 aliphatic carbocycles. The van der Waals surface area contributed by atoms with Crippen LogP contribution in [0.2, 0.25) is 0 Å². The number of carbonyl (C=O) groups excluding carboxylic acids is 1. The summed E-state index contributed by atoms with van der Waals surface area (Å²) in [7, 11) is 0. The Kier molecular flexibility index (Phi) is 3.34. The number of rotatable bonds is 2. The molecule has 6 heterocycles. The van der Waals surface area contributed by atoms with Crippen molar-refractivity contribution in [3.8, 4) is 0 Å². The van der Waals surface area contributed by atoms with Gasteiger partial charge < -0.3 is 9.88 Å². The molecular weight excluding hydrogens is 366 g/mol. The summed E-state index contributed by atoms with van der Waals surface area (Å²) in [5.41, 5.74) is 5.06. The zero-order valence-electron chi connectivity index (χ0n) is 15.4. The Morgan fingerprint density at radius 2 is 1.97 bits per heavy atom. The van der Waals surface area contributed by atoms with Gasteiger partial charge in [-0.3, -0.25) is 4.79 Å². The van der Waals surface area contributed by atoms with Gasteiger partial charge in [-0.1, -0.05) is 12.1 Å². The standard InChI is InChI=1S/C21H17N7O/c29-21(15-12-24-28-9-4-2-6-18(15)28)26-10-7-16-19(23-13-22-16)20(26)17-11-14-5-1-3-8-27(14)25-17/h1-6,8-9,11-13,20H,7,10H2,(H,22,23). The van der Waals surface area contributed by atoms with E-state index in [9.17, 15) is 4.79 Å². The van der Waals surface area contributed by atoms with Crippen LogP contribution in [-0.4, -0.2) is 46.5 Å². The van der Waals surface area contributed by atoms with Crippen LogP contribution in [0.25, 0.3) is 11.0 Å². The molecule has 142 valence electrons. The number of carbonyl (C=O) groups is 1. The Morgan fingerprint density at radius 3 is 2.86 bits per heavy atom. The maximum Gasteiger partial charge on any atom is 0.258 e. The predicted molar refractivity (Wildman–Crippen MR) is 106 cm³/mol. The summed E-state index contributed by atoms with van der Waals surface area (Å²) in [5.74, 6) is -0.0677. The van der Waals surface area contributed by atoms with E-state index >= 15 is 0 Å². The summed E-state index contributed by atoms with van der Waals surface area (Å²) in [6.45, 7) is 0.580. The van der Waals surface area contributed by atoms with Gasteiger partial charge in [0.25, 0.3) is 5.91 Å². The summed E-state index contributed by atoms with van der Waals surface area (Å²) in [6.07, 6.45) is 7.80. The van der Waals surface area contributed by atoms with Gasteiger partial charge in [0.05, 0.1) is 40.5 Å². The number of pyridine rings is 2. The van der Waals surface area contributed by atoms with Crippen LogP contribution in [0.3, 0.4) is 0 Å². The maximum atomic E-state index is 13.6. The lowest BCUT2D eigenvalue weighted by Crippen LogP contribution is -2.41. The monoisotopic (exact) mass is 383 g/mol. The average molecular weight is 383 g/mol. The minimum atomic E-state index is -0.351. The quantitative estimate of drug-likeness (QED) is 0.508. The van der Waals surface area contributed by atoms with E-state index < -0.39 is 0 Å². The minimum Gasteiger partial charge on any atom is -0.348 e. The molecule has 0 fully saturated rings. The average Bonchev–Trinajstić information content (AvgIpc) is 3.49. The molecule has 5 aromatic rings. The summed E-state index contributed by atoms with van der Waals surface area (Å²) >= 11 is 0. The number of hydrogen-bond acceptors (Lipinski definition) is 4. The number of imidazole rings is 1. The number of H-pyrrole nitrogens is 1. The fourth-order valence-electron chi connectivity index (χ4n) is 4.14. The molecular formula is C21H17N7O. The number of amides is 1. The molecule has 0 radical (unpaired) electrons. The number of aromatic amines is 1. The van der Waals surface area contributed by atoms with Crippen LogP contribution >= 0.6 is 0 Å². The first-order valence-electron chi connectivity index (χ1n) is 9.49. The van der Waals surface area contributed by atoms with E-state index in [0.717, 1.165) is 34.5 Å². The fourth-order valence-corrected chi connectivity index (χ4v) is 4.14. The van der Waals surface area contributed by atoms with E-state index in [1.54, 1.807) is 17.0 Å². The number of nitrogens with zero attached hydrogens (tertiary/aromatic N) is 6. The Labute approximate surface area is 165 Å². The van der Waals surface area contributed by atoms with Gasteiger partial charge in [0.1, 0.15) is 6.04 Å². The van der Waals surface area contributed by atoms with Gasteiger partial charge in [0.2, 0.25) is 0 Å². The molecule has 29 heavy (non-hydrogen) atoms. The van der Waals surface area contributed by atoms with Gasteiger partial charge in [-0.25, -0.2) is 14.0 Å². The normalized spacial score (nSPS) is 16.4. The molecule has 1 unspecified atom stereocenters. The summed E-state index contributed by atoms with van der Waals surface area (Å²) in [5, 5.41) is 9.07. The molecule has 0 saturated carbocycles.